The van der Waals surface area contributed by atoms with Gasteiger partial charge in [-0.3, -0.25) is 4.79 Å². The third kappa shape index (κ3) is 3.13. The van der Waals surface area contributed by atoms with Crippen LogP contribution in [0.3, 0.4) is 0 Å². The minimum Gasteiger partial charge on any atom is -0.507 e. The summed E-state index contributed by atoms with van der Waals surface area (Å²) >= 11 is 0. The van der Waals surface area contributed by atoms with Crippen LogP contribution in [0.1, 0.15) is 28.9 Å². The summed E-state index contributed by atoms with van der Waals surface area (Å²) < 4.78 is 13.1. The molecule has 0 spiro atoms. The number of aliphatic hydroxyl groups excluding tert-OH is 1. The lowest BCUT2D eigenvalue weighted by atomic mass is 10.1. The molecule has 0 radical (unpaired) electrons. The molecule has 2 rings (SSSR count). The first-order valence-corrected chi connectivity index (χ1v) is 6.05. The quantitative estimate of drug-likeness (QED) is 0.806. The van der Waals surface area contributed by atoms with Gasteiger partial charge in [-0.1, -0.05) is 12.1 Å². The normalized spacial score (nSPS) is 11.9. The van der Waals surface area contributed by atoms with Crippen LogP contribution < -0.4 is 5.32 Å². The molecule has 0 aliphatic rings. The SMILES string of the molecule is CC(O)c1ccc(NC(=O)c2cc(F)ccc2O)cc1. The largest absolute Gasteiger partial charge is 0.507 e. The van der Waals surface area contributed by atoms with E-state index in [1.807, 2.05) is 0 Å². The molecule has 4 nitrogen and oxygen atoms in total. The van der Waals surface area contributed by atoms with Crippen molar-refractivity contribution >= 4 is 11.6 Å². The summed E-state index contributed by atoms with van der Waals surface area (Å²) in [4.78, 5) is 11.9. The van der Waals surface area contributed by atoms with E-state index in [2.05, 4.69) is 5.32 Å². The Bertz CT molecular complexity index is 624. The van der Waals surface area contributed by atoms with E-state index in [1.54, 1.807) is 31.2 Å². The van der Waals surface area contributed by atoms with Crippen LogP contribution in [0.25, 0.3) is 0 Å². The Kier molecular flexibility index (Phi) is 4.00. The molecule has 104 valence electrons. The highest BCUT2D eigenvalue weighted by Crippen LogP contribution is 2.20. The van der Waals surface area contributed by atoms with Crippen molar-refractivity contribution in [3.8, 4) is 5.75 Å². The van der Waals surface area contributed by atoms with E-state index in [-0.39, 0.29) is 11.3 Å². The van der Waals surface area contributed by atoms with Gasteiger partial charge in [0.2, 0.25) is 0 Å². The van der Waals surface area contributed by atoms with E-state index in [4.69, 9.17) is 0 Å². The standard InChI is InChI=1S/C15H14FNO3/c1-9(18)10-2-5-12(6-3-10)17-15(20)13-8-11(16)4-7-14(13)19/h2-9,18-19H,1H3,(H,17,20). The van der Waals surface area contributed by atoms with Crippen LogP contribution in [-0.4, -0.2) is 16.1 Å². The zero-order valence-corrected chi connectivity index (χ0v) is 10.8. The number of hydrogen-bond donors (Lipinski definition) is 3. The van der Waals surface area contributed by atoms with Crippen molar-refractivity contribution < 1.29 is 19.4 Å². The molecule has 0 heterocycles. The van der Waals surface area contributed by atoms with Crippen molar-refractivity contribution in [2.24, 2.45) is 0 Å². The molecule has 2 aromatic carbocycles. The van der Waals surface area contributed by atoms with Crippen molar-refractivity contribution in [1.82, 2.24) is 0 Å². The van der Waals surface area contributed by atoms with Gasteiger partial charge >= 0.3 is 0 Å². The van der Waals surface area contributed by atoms with E-state index < -0.39 is 17.8 Å². The molecule has 1 atom stereocenters. The highest BCUT2D eigenvalue weighted by Gasteiger charge is 2.12. The van der Waals surface area contributed by atoms with Crippen LogP contribution in [0.5, 0.6) is 5.75 Å². The van der Waals surface area contributed by atoms with Crippen molar-refractivity contribution in [2.75, 3.05) is 5.32 Å². The topological polar surface area (TPSA) is 69.6 Å². The van der Waals surface area contributed by atoms with Gasteiger partial charge in [-0.2, -0.15) is 0 Å². The first-order valence-electron chi connectivity index (χ1n) is 6.05. The van der Waals surface area contributed by atoms with Gasteiger partial charge in [0.1, 0.15) is 11.6 Å². The average Bonchev–Trinajstić information content (AvgIpc) is 2.42. The summed E-state index contributed by atoms with van der Waals surface area (Å²) in [5.41, 5.74) is 1.07. The highest BCUT2D eigenvalue weighted by molar-refractivity contribution is 6.06. The van der Waals surface area contributed by atoms with Crippen LogP contribution >= 0.6 is 0 Å². The lowest BCUT2D eigenvalue weighted by Gasteiger charge is -2.09. The Balaban J connectivity index is 2.17. The van der Waals surface area contributed by atoms with Crippen molar-refractivity contribution in [2.45, 2.75) is 13.0 Å². The zero-order valence-electron chi connectivity index (χ0n) is 10.8. The smallest absolute Gasteiger partial charge is 0.259 e. The predicted octanol–water partition coefficient (Wildman–Crippen LogP) is 2.84. The number of halogens is 1. The second-order valence-electron chi connectivity index (χ2n) is 4.41. The molecule has 0 aliphatic carbocycles. The fraction of sp³-hybridized carbons (Fsp3) is 0.133. The summed E-state index contributed by atoms with van der Waals surface area (Å²) in [6.07, 6.45) is -0.591. The van der Waals surface area contributed by atoms with Gasteiger partial charge in [-0.15, -0.1) is 0 Å². The number of carbonyl (C=O) groups is 1. The third-order valence-corrected chi connectivity index (χ3v) is 2.85. The maximum Gasteiger partial charge on any atom is 0.259 e. The van der Waals surface area contributed by atoms with Crippen LogP contribution in [0.15, 0.2) is 42.5 Å². The van der Waals surface area contributed by atoms with Gasteiger partial charge in [0.15, 0.2) is 0 Å². The van der Waals surface area contributed by atoms with Crippen molar-refractivity contribution in [3.63, 3.8) is 0 Å². The number of anilines is 1. The minimum absolute atomic E-state index is 0.135. The number of carbonyl (C=O) groups excluding carboxylic acids is 1. The van der Waals surface area contributed by atoms with Crippen molar-refractivity contribution in [1.29, 1.82) is 0 Å². The molecule has 0 aromatic heterocycles. The Morgan fingerprint density at radius 3 is 2.45 bits per heavy atom. The van der Waals surface area contributed by atoms with Crippen LogP contribution in [-0.2, 0) is 0 Å². The Labute approximate surface area is 115 Å². The Hall–Kier alpha value is -2.40. The molecule has 0 saturated heterocycles. The van der Waals surface area contributed by atoms with Gasteiger partial charge < -0.3 is 15.5 Å². The number of amides is 1. The average molecular weight is 275 g/mol. The third-order valence-electron chi connectivity index (χ3n) is 2.85. The first kappa shape index (κ1) is 14.0. The number of phenolic OH excluding ortho intramolecular Hbond substituents is 1. The second-order valence-corrected chi connectivity index (χ2v) is 4.41. The summed E-state index contributed by atoms with van der Waals surface area (Å²) in [7, 11) is 0. The fourth-order valence-electron chi connectivity index (χ4n) is 1.73. The number of benzene rings is 2. The molecule has 3 N–H and O–H groups in total. The maximum atomic E-state index is 13.1. The monoisotopic (exact) mass is 275 g/mol. The molecular formula is C15H14FNO3. The Morgan fingerprint density at radius 1 is 1.20 bits per heavy atom. The number of aliphatic hydroxyl groups is 1. The molecule has 0 fully saturated rings. The molecule has 0 bridgehead atoms. The number of nitrogens with one attached hydrogen (secondary N) is 1. The summed E-state index contributed by atoms with van der Waals surface area (Å²) in [5, 5.41) is 21.5. The van der Waals surface area contributed by atoms with E-state index in [0.717, 1.165) is 23.8 Å². The second kappa shape index (κ2) is 5.71. The molecule has 2 aromatic rings. The fourth-order valence-corrected chi connectivity index (χ4v) is 1.73. The van der Waals surface area contributed by atoms with Crippen LogP contribution in [0.4, 0.5) is 10.1 Å². The van der Waals surface area contributed by atoms with Gasteiger partial charge in [0.05, 0.1) is 11.7 Å². The highest BCUT2D eigenvalue weighted by atomic mass is 19.1. The molecule has 0 saturated carbocycles. The van der Waals surface area contributed by atoms with Gasteiger partial charge in [0.25, 0.3) is 5.91 Å². The summed E-state index contributed by atoms with van der Waals surface area (Å²) in [5.74, 6) is -1.49. The number of hydrogen-bond acceptors (Lipinski definition) is 3. The van der Waals surface area contributed by atoms with E-state index >= 15 is 0 Å². The lowest BCUT2D eigenvalue weighted by Crippen LogP contribution is -2.12. The minimum atomic E-state index is -0.605. The van der Waals surface area contributed by atoms with Gasteiger partial charge in [0, 0.05) is 5.69 Å². The van der Waals surface area contributed by atoms with E-state index in [1.165, 1.54) is 0 Å². The first-order chi connectivity index (χ1) is 9.47. The van der Waals surface area contributed by atoms with Crippen LogP contribution in [0, 0.1) is 5.82 Å². The maximum absolute atomic E-state index is 13.1. The Morgan fingerprint density at radius 2 is 1.85 bits per heavy atom. The van der Waals surface area contributed by atoms with Gasteiger partial charge in [-0.05, 0) is 42.8 Å². The number of rotatable bonds is 3. The zero-order chi connectivity index (χ0) is 14.7. The van der Waals surface area contributed by atoms with Gasteiger partial charge in [-0.25, -0.2) is 4.39 Å². The molecule has 5 heteroatoms. The van der Waals surface area contributed by atoms with E-state index in [0.29, 0.717) is 5.69 Å². The van der Waals surface area contributed by atoms with Crippen LogP contribution in [0.2, 0.25) is 0 Å². The lowest BCUT2D eigenvalue weighted by molar-refractivity contribution is 0.102. The number of aromatic hydroxyl groups is 1. The number of phenols is 1. The predicted molar refractivity (Wildman–Crippen MR) is 73.1 cm³/mol. The van der Waals surface area contributed by atoms with Crippen molar-refractivity contribution in [3.05, 3.63) is 59.4 Å². The molecular weight excluding hydrogens is 261 g/mol. The molecule has 1 unspecified atom stereocenters. The molecule has 20 heavy (non-hydrogen) atoms. The van der Waals surface area contributed by atoms with E-state index in [9.17, 15) is 19.4 Å². The molecule has 1 amide bonds. The summed E-state index contributed by atoms with van der Waals surface area (Å²) in [6, 6.07) is 9.75. The summed E-state index contributed by atoms with van der Waals surface area (Å²) in [6.45, 7) is 1.64. The molecule has 0 aliphatic heterocycles.